The van der Waals surface area contributed by atoms with E-state index in [1.165, 1.54) is 7.11 Å². The molecule has 2 N–H and O–H groups in total. The summed E-state index contributed by atoms with van der Waals surface area (Å²) < 4.78 is 0. The van der Waals surface area contributed by atoms with Crippen LogP contribution in [0.4, 0.5) is 11.4 Å². The molecular formula is C11H18N2O3. The molecule has 0 spiro atoms. The van der Waals surface area contributed by atoms with E-state index in [2.05, 4.69) is 4.84 Å². The van der Waals surface area contributed by atoms with Gasteiger partial charge in [0.2, 0.25) is 0 Å². The maximum atomic E-state index is 11.9. The topological polar surface area (TPSA) is 64.2 Å². The Balaban J connectivity index is 2.87. The van der Waals surface area contributed by atoms with Crippen molar-refractivity contribution in [2.75, 3.05) is 7.11 Å². The quantitative estimate of drug-likeness (QED) is 0.717. The number of hydrogen-bond acceptors (Lipinski definition) is 3. The number of hydroxylamine groups is 1. The SMILES string of the molecule is CO[NH+]([O-])c1ccc([NH+]([O-])C(C)(C)C)cc1. The van der Waals surface area contributed by atoms with Gasteiger partial charge in [0.1, 0.15) is 5.69 Å². The molecule has 0 aromatic heterocycles. The summed E-state index contributed by atoms with van der Waals surface area (Å²) in [6.07, 6.45) is 0. The smallest absolute Gasteiger partial charge is 0.164 e. The van der Waals surface area contributed by atoms with Crippen LogP contribution < -0.4 is 10.3 Å². The predicted molar refractivity (Wildman–Crippen MR) is 61.2 cm³/mol. The molecule has 0 aliphatic heterocycles. The molecular weight excluding hydrogens is 208 g/mol. The van der Waals surface area contributed by atoms with E-state index in [-0.39, 0.29) is 5.06 Å². The highest BCUT2D eigenvalue weighted by Gasteiger charge is 2.20. The Morgan fingerprint density at radius 3 is 1.81 bits per heavy atom. The summed E-state index contributed by atoms with van der Waals surface area (Å²) in [5.74, 6) is 0. The minimum atomic E-state index is -0.410. The van der Waals surface area contributed by atoms with Gasteiger partial charge in [-0.1, -0.05) is 0 Å². The minimum Gasteiger partial charge on any atom is -0.628 e. The molecule has 2 unspecified atom stereocenters. The minimum absolute atomic E-state index is 0.0592. The summed E-state index contributed by atoms with van der Waals surface area (Å²) in [7, 11) is 1.33. The zero-order valence-corrected chi connectivity index (χ0v) is 10.0. The highest BCUT2D eigenvalue weighted by Crippen LogP contribution is 2.09. The number of rotatable bonds is 3. The van der Waals surface area contributed by atoms with Crippen LogP contribution >= 0.6 is 0 Å². The number of hydrogen-bond donors (Lipinski definition) is 2. The van der Waals surface area contributed by atoms with Gasteiger partial charge in [0, 0.05) is 24.3 Å². The van der Waals surface area contributed by atoms with Gasteiger partial charge in [-0.2, -0.15) is 5.23 Å². The van der Waals surface area contributed by atoms with Crippen LogP contribution in [0.5, 0.6) is 0 Å². The molecule has 1 rings (SSSR count). The Kier molecular flexibility index (Phi) is 4.01. The van der Waals surface area contributed by atoms with Crippen molar-refractivity contribution in [2.45, 2.75) is 26.3 Å². The van der Waals surface area contributed by atoms with Gasteiger partial charge in [0.15, 0.2) is 5.69 Å². The average molecular weight is 226 g/mol. The van der Waals surface area contributed by atoms with Crippen LogP contribution in [-0.2, 0) is 4.84 Å². The van der Waals surface area contributed by atoms with E-state index in [1.807, 2.05) is 20.8 Å². The van der Waals surface area contributed by atoms with Gasteiger partial charge in [-0.25, -0.2) is 4.84 Å². The van der Waals surface area contributed by atoms with E-state index in [9.17, 15) is 10.4 Å². The zero-order valence-electron chi connectivity index (χ0n) is 10.0. The Morgan fingerprint density at radius 2 is 1.44 bits per heavy atom. The van der Waals surface area contributed by atoms with E-state index in [1.54, 1.807) is 24.3 Å². The lowest BCUT2D eigenvalue weighted by Crippen LogP contribution is -3.10. The van der Waals surface area contributed by atoms with E-state index in [4.69, 9.17) is 0 Å². The van der Waals surface area contributed by atoms with Gasteiger partial charge in [0.25, 0.3) is 0 Å². The van der Waals surface area contributed by atoms with Crippen LogP contribution in [0.1, 0.15) is 20.8 Å². The van der Waals surface area contributed by atoms with Gasteiger partial charge in [-0.05, 0) is 20.8 Å². The number of nitrogens with one attached hydrogen (secondary N) is 2. The second kappa shape index (κ2) is 4.90. The molecule has 0 aliphatic carbocycles. The summed E-state index contributed by atoms with van der Waals surface area (Å²) in [6, 6.07) is 6.51. The van der Waals surface area contributed by atoms with Crippen molar-refractivity contribution in [3.8, 4) is 0 Å². The molecule has 90 valence electrons. The van der Waals surface area contributed by atoms with Gasteiger partial charge >= 0.3 is 0 Å². The molecule has 1 aromatic rings. The molecule has 16 heavy (non-hydrogen) atoms. The van der Waals surface area contributed by atoms with Crippen molar-refractivity contribution in [2.24, 2.45) is 0 Å². The molecule has 0 aliphatic rings. The van der Waals surface area contributed by atoms with Gasteiger partial charge in [-0.3, -0.25) is 0 Å². The molecule has 0 radical (unpaired) electrons. The lowest BCUT2D eigenvalue weighted by Gasteiger charge is -2.35. The number of quaternary nitrogens is 2. The fraction of sp³-hybridized carbons (Fsp3) is 0.455. The van der Waals surface area contributed by atoms with Crippen LogP contribution in [0.15, 0.2) is 24.3 Å². The molecule has 0 saturated heterocycles. The zero-order chi connectivity index (χ0) is 12.3. The largest absolute Gasteiger partial charge is 0.628 e. The molecule has 0 amide bonds. The van der Waals surface area contributed by atoms with Crippen LogP contribution in [0, 0.1) is 10.4 Å². The molecule has 0 fully saturated rings. The molecule has 0 bridgehead atoms. The fourth-order valence-electron chi connectivity index (χ4n) is 1.31. The normalized spacial score (nSPS) is 15.9. The van der Waals surface area contributed by atoms with Crippen molar-refractivity contribution in [3.63, 3.8) is 0 Å². The monoisotopic (exact) mass is 226 g/mol. The van der Waals surface area contributed by atoms with E-state index in [0.717, 1.165) is 0 Å². The lowest BCUT2D eigenvalue weighted by atomic mass is 10.1. The van der Waals surface area contributed by atoms with E-state index >= 15 is 0 Å². The Morgan fingerprint density at radius 1 is 1.00 bits per heavy atom. The summed E-state index contributed by atoms with van der Waals surface area (Å²) in [6.45, 7) is 5.59. The summed E-state index contributed by atoms with van der Waals surface area (Å²) >= 11 is 0. The second-order valence-electron chi connectivity index (χ2n) is 4.65. The molecule has 5 heteroatoms. The Bertz CT molecular complexity index is 332. The molecule has 5 nitrogen and oxygen atoms in total. The predicted octanol–water partition coefficient (Wildman–Crippen LogP) is 0.0749. The van der Waals surface area contributed by atoms with Crippen molar-refractivity contribution in [1.29, 1.82) is 0 Å². The maximum Gasteiger partial charge on any atom is 0.164 e. The van der Waals surface area contributed by atoms with Crippen molar-refractivity contribution < 1.29 is 15.1 Å². The van der Waals surface area contributed by atoms with E-state index < -0.39 is 10.8 Å². The molecule has 0 saturated carbocycles. The van der Waals surface area contributed by atoms with Gasteiger partial charge < -0.3 is 15.5 Å². The summed E-state index contributed by atoms with van der Waals surface area (Å²) in [5, 5.41) is 22.8. The van der Waals surface area contributed by atoms with Crippen LogP contribution in [0.3, 0.4) is 0 Å². The van der Waals surface area contributed by atoms with Crippen LogP contribution in [0.2, 0.25) is 0 Å². The third-order valence-electron chi connectivity index (χ3n) is 2.25. The second-order valence-corrected chi connectivity index (χ2v) is 4.65. The Hall–Kier alpha value is -0.980. The van der Waals surface area contributed by atoms with Crippen molar-refractivity contribution in [3.05, 3.63) is 34.7 Å². The number of benzene rings is 1. The fourth-order valence-corrected chi connectivity index (χ4v) is 1.31. The summed E-state index contributed by atoms with van der Waals surface area (Å²) in [4.78, 5) is 4.58. The molecule has 1 aromatic carbocycles. The van der Waals surface area contributed by atoms with E-state index in [0.29, 0.717) is 11.4 Å². The third kappa shape index (κ3) is 3.01. The van der Waals surface area contributed by atoms with Gasteiger partial charge in [-0.15, -0.1) is 0 Å². The van der Waals surface area contributed by atoms with Crippen molar-refractivity contribution in [1.82, 2.24) is 0 Å². The first-order valence-electron chi connectivity index (χ1n) is 5.09. The average Bonchev–Trinajstić information content (AvgIpc) is 2.26. The first-order valence-corrected chi connectivity index (χ1v) is 5.09. The lowest BCUT2D eigenvalue weighted by molar-refractivity contribution is -0.992. The van der Waals surface area contributed by atoms with Gasteiger partial charge in [0.05, 0.1) is 12.6 Å². The first kappa shape index (κ1) is 13.1. The highest BCUT2D eigenvalue weighted by atomic mass is 16.9. The van der Waals surface area contributed by atoms with Crippen molar-refractivity contribution >= 4 is 11.4 Å². The molecule has 2 atom stereocenters. The maximum absolute atomic E-state index is 11.9. The molecule has 0 heterocycles. The van der Waals surface area contributed by atoms with Crippen LogP contribution in [0.25, 0.3) is 0 Å². The third-order valence-corrected chi connectivity index (χ3v) is 2.25. The Labute approximate surface area is 95.3 Å². The van der Waals surface area contributed by atoms with Crippen LogP contribution in [-0.4, -0.2) is 12.6 Å². The summed E-state index contributed by atoms with van der Waals surface area (Å²) in [5.41, 5.74) is 0.653. The first-order chi connectivity index (χ1) is 7.36. The highest BCUT2D eigenvalue weighted by molar-refractivity contribution is 5.39. The standard InChI is InChI=1S/C11H18N2O3/c1-11(2,3)12(14)9-5-7-10(8-6-9)13(15)16-4/h5-8,12-13H,1-4H3.